The van der Waals surface area contributed by atoms with E-state index in [1.54, 1.807) is 0 Å². The van der Waals surface area contributed by atoms with Crippen molar-refractivity contribution in [2.24, 2.45) is 0 Å². The Hall–Kier alpha value is -2.14. The summed E-state index contributed by atoms with van der Waals surface area (Å²) in [4.78, 5) is 4.71. The van der Waals surface area contributed by atoms with Crippen molar-refractivity contribution in [1.82, 2.24) is 15.1 Å². The van der Waals surface area contributed by atoms with Crippen LogP contribution in [0.25, 0.3) is 0 Å². The Morgan fingerprint density at radius 1 is 1.10 bits per heavy atom. The first-order valence-corrected chi connectivity index (χ1v) is 7.35. The van der Waals surface area contributed by atoms with Crippen LogP contribution in [0.5, 0.6) is 0 Å². The van der Waals surface area contributed by atoms with Crippen molar-refractivity contribution in [3.8, 4) is 0 Å². The fourth-order valence-corrected chi connectivity index (χ4v) is 2.47. The number of hydrogen-bond donors (Lipinski definition) is 1. The fourth-order valence-electron chi connectivity index (χ4n) is 2.47. The number of nitrogens with one attached hydrogen (secondary N) is 1. The normalized spacial score (nSPS) is 16.0. The van der Waals surface area contributed by atoms with Crippen molar-refractivity contribution in [3.05, 3.63) is 48.2 Å². The molecular formula is C16H21N5. The lowest BCUT2D eigenvalue weighted by molar-refractivity contribution is 0.312. The lowest BCUT2D eigenvalue weighted by Gasteiger charge is -2.33. The topological polar surface area (TPSA) is 44.3 Å². The molecule has 1 N–H and O–H groups in total. The van der Waals surface area contributed by atoms with Gasteiger partial charge in [-0.1, -0.05) is 30.3 Å². The molecule has 3 rings (SSSR count). The minimum absolute atomic E-state index is 0.766. The number of benzene rings is 1. The molecule has 0 radical (unpaired) electrons. The Morgan fingerprint density at radius 2 is 1.86 bits per heavy atom. The monoisotopic (exact) mass is 283 g/mol. The maximum absolute atomic E-state index is 4.17. The molecule has 21 heavy (non-hydrogen) atoms. The molecule has 0 bridgehead atoms. The van der Waals surface area contributed by atoms with Gasteiger partial charge in [-0.05, 0) is 12.6 Å². The molecule has 1 aromatic carbocycles. The van der Waals surface area contributed by atoms with Gasteiger partial charge in [-0.2, -0.15) is 5.10 Å². The molecule has 2 heterocycles. The van der Waals surface area contributed by atoms with E-state index in [0.717, 1.165) is 44.2 Å². The van der Waals surface area contributed by atoms with Gasteiger partial charge in [-0.3, -0.25) is 0 Å². The van der Waals surface area contributed by atoms with Crippen LogP contribution in [0, 0.1) is 0 Å². The fraction of sp³-hybridized carbons (Fsp3) is 0.375. The van der Waals surface area contributed by atoms with E-state index in [0.29, 0.717) is 0 Å². The molecule has 5 nitrogen and oxygen atoms in total. The summed E-state index contributed by atoms with van der Waals surface area (Å²) in [5.74, 6) is 0.829. The summed E-state index contributed by atoms with van der Waals surface area (Å²) in [5, 5.41) is 11.6. The van der Waals surface area contributed by atoms with E-state index in [9.17, 15) is 0 Å². The van der Waals surface area contributed by atoms with Gasteiger partial charge in [0, 0.05) is 38.8 Å². The SMILES string of the molecule is CN1CCN(c2cnnc(NCc3ccccc3)c2)CC1. The third-order valence-electron chi connectivity index (χ3n) is 3.82. The second-order valence-electron chi connectivity index (χ2n) is 5.43. The van der Waals surface area contributed by atoms with Crippen LogP contribution in [-0.4, -0.2) is 48.3 Å². The highest BCUT2D eigenvalue weighted by atomic mass is 15.3. The van der Waals surface area contributed by atoms with Crippen LogP contribution in [0.15, 0.2) is 42.6 Å². The highest BCUT2D eigenvalue weighted by Crippen LogP contribution is 2.18. The molecule has 2 aromatic rings. The summed E-state index contributed by atoms with van der Waals surface area (Å²) >= 11 is 0. The van der Waals surface area contributed by atoms with Crippen LogP contribution in [0.2, 0.25) is 0 Å². The van der Waals surface area contributed by atoms with E-state index < -0.39 is 0 Å². The van der Waals surface area contributed by atoms with E-state index >= 15 is 0 Å². The van der Waals surface area contributed by atoms with Crippen LogP contribution < -0.4 is 10.2 Å². The summed E-state index contributed by atoms with van der Waals surface area (Å²) in [7, 11) is 2.16. The molecule has 110 valence electrons. The molecule has 0 saturated carbocycles. The zero-order valence-electron chi connectivity index (χ0n) is 12.4. The summed E-state index contributed by atoms with van der Waals surface area (Å²) < 4.78 is 0. The lowest BCUT2D eigenvalue weighted by Crippen LogP contribution is -2.44. The van der Waals surface area contributed by atoms with Gasteiger partial charge in [-0.25, -0.2) is 0 Å². The molecule has 0 unspecified atom stereocenters. The third kappa shape index (κ3) is 3.70. The molecule has 0 amide bonds. The molecule has 1 aromatic heterocycles. The Labute approximate surface area is 125 Å². The molecular weight excluding hydrogens is 262 g/mol. The van der Waals surface area contributed by atoms with Gasteiger partial charge in [0.1, 0.15) is 0 Å². The Bertz CT molecular complexity index is 564. The van der Waals surface area contributed by atoms with Gasteiger partial charge < -0.3 is 15.1 Å². The maximum atomic E-state index is 4.17. The lowest BCUT2D eigenvalue weighted by atomic mass is 10.2. The van der Waals surface area contributed by atoms with E-state index in [-0.39, 0.29) is 0 Å². The average Bonchev–Trinajstić information content (AvgIpc) is 2.55. The molecule has 1 saturated heterocycles. The second-order valence-corrected chi connectivity index (χ2v) is 5.43. The number of anilines is 2. The van der Waals surface area contributed by atoms with Crippen molar-refractivity contribution < 1.29 is 0 Å². The third-order valence-corrected chi connectivity index (χ3v) is 3.82. The van der Waals surface area contributed by atoms with E-state index in [4.69, 9.17) is 0 Å². The van der Waals surface area contributed by atoms with Gasteiger partial charge in [-0.15, -0.1) is 5.10 Å². The Kier molecular flexibility index (Phi) is 4.31. The van der Waals surface area contributed by atoms with Gasteiger partial charge in [0.2, 0.25) is 0 Å². The average molecular weight is 283 g/mol. The van der Waals surface area contributed by atoms with E-state index in [1.807, 2.05) is 24.4 Å². The molecule has 1 fully saturated rings. The molecule has 5 heteroatoms. The molecule has 1 aliphatic rings. The van der Waals surface area contributed by atoms with Crippen LogP contribution in [-0.2, 0) is 6.54 Å². The van der Waals surface area contributed by atoms with Crippen molar-refractivity contribution >= 4 is 11.5 Å². The summed E-state index contributed by atoms with van der Waals surface area (Å²) in [6.45, 7) is 5.03. The van der Waals surface area contributed by atoms with Crippen molar-refractivity contribution in [1.29, 1.82) is 0 Å². The minimum Gasteiger partial charge on any atom is -0.368 e. The Balaban J connectivity index is 1.63. The van der Waals surface area contributed by atoms with E-state index in [1.165, 1.54) is 5.56 Å². The number of rotatable bonds is 4. The number of nitrogens with zero attached hydrogens (tertiary/aromatic N) is 4. The number of aromatic nitrogens is 2. The van der Waals surface area contributed by atoms with Crippen LogP contribution >= 0.6 is 0 Å². The number of likely N-dealkylation sites (N-methyl/N-ethyl adjacent to an activating group) is 1. The first-order chi connectivity index (χ1) is 10.3. The first-order valence-electron chi connectivity index (χ1n) is 7.35. The smallest absolute Gasteiger partial charge is 0.150 e. The molecule has 0 spiro atoms. The minimum atomic E-state index is 0.766. The molecule has 0 atom stereocenters. The van der Waals surface area contributed by atoms with Crippen molar-refractivity contribution in [2.75, 3.05) is 43.4 Å². The van der Waals surface area contributed by atoms with E-state index in [2.05, 4.69) is 50.6 Å². The van der Waals surface area contributed by atoms with Gasteiger partial charge in [0.25, 0.3) is 0 Å². The van der Waals surface area contributed by atoms with Crippen molar-refractivity contribution in [3.63, 3.8) is 0 Å². The number of piperazine rings is 1. The highest BCUT2D eigenvalue weighted by molar-refractivity contribution is 5.52. The van der Waals surface area contributed by atoms with Crippen LogP contribution in [0.4, 0.5) is 11.5 Å². The molecule has 0 aliphatic carbocycles. The maximum Gasteiger partial charge on any atom is 0.150 e. The molecule has 1 aliphatic heterocycles. The Morgan fingerprint density at radius 3 is 2.62 bits per heavy atom. The van der Waals surface area contributed by atoms with Crippen LogP contribution in [0.3, 0.4) is 0 Å². The van der Waals surface area contributed by atoms with Gasteiger partial charge in [0.15, 0.2) is 5.82 Å². The second kappa shape index (κ2) is 6.54. The predicted molar refractivity (Wildman–Crippen MR) is 85.5 cm³/mol. The van der Waals surface area contributed by atoms with Gasteiger partial charge in [0.05, 0.1) is 11.9 Å². The summed E-state index contributed by atoms with van der Waals surface area (Å²) in [5.41, 5.74) is 2.39. The zero-order valence-corrected chi connectivity index (χ0v) is 12.4. The predicted octanol–water partition coefficient (Wildman–Crippen LogP) is 1.84. The largest absolute Gasteiger partial charge is 0.368 e. The standard InChI is InChI=1S/C16H21N5/c1-20-7-9-21(10-8-20)15-11-16(19-18-13-15)17-12-14-5-3-2-4-6-14/h2-6,11,13H,7-10,12H2,1H3,(H,17,19). The summed E-state index contributed by atoms with van der Waals surface area (Å²) in [6.07, 6.45) is 1.85. The van der Waals surface area contributed by atoms with Gasteiger partial charge >= 0.3 is 0 Å². The zero-order chi connectivity index (χ0) is 14.5. The summed E-state index contributed by atoms with van der Waals surface area (Å²) in [6, 6.07) is 12.4. The first kappa shape index (κ1) is 13.8. The van der Waals surface area contributed by atoms with Crippen molar-refractivity contribution in [2.45, 2.75) is 6.54 Å². The number of hydrogen-bond acceptors (Lipinski definition) is 5. The highest BCUT2D eigenvalue weighted by Gasteiger charge is 2.15. The van der Waals surface area contributed by atoms with Crippen LogP contribution in [0.1, 0.15) is 5.56 Å². The quantitative estimate of drug-likeness (QED) is 0.927.